The largest absolute Gasteiger partial charge is 5.00 e. The Morgan fingerprint density at radius 2 is 0.529 bits per heavy atom. The summed E-state index contributed by atoms with van der Waals surface area (Å²) in [5.41, 5.74) is 0. The van der Waals surface area contributed by atoms with Crippen molar-refractivity contribution >= 4 is 0 Å². The van der Waals surface area contributed by atoms with E-state index in [9.17, 15) is 0 Å². The third kappa shape index (κ3) is 78.2. The van der Waals surface area contributed by atoms with Crippen LogP contribution in [0, 0.1) is 0 Å². The molecule has 0 aliphatic rings. The van der Waals surface area contributed by atoms with Gasteiger partial charge in [-0.05, 0) is 0 Å². The van der Waals surface area contributed by atoms with Crippen LogP contribution in [0.4, 0.5) is 0 Å². The molecule has 0 aliphatic heterocycles. The van der Waals surface area contributed by atoms with Crippen LogP contribution in [0.15, 0.2) is 0 Å². The van der Waals surface area contributed by atoms with Gasteiger partial charge in [0.05, 0.1) is 0 Å². The molecule has 0 saturated heterocycles. The van der Waals surface area contributed by atoms with Crippen LogP contribution < -0.4 is 61.1 Å². The van der Waals surface area contributed by atoms with Gasteiger partial charge in [0.15, 0.2) is 0 Å². The van der Waals surface area contributed by atoms with Crippen molar-refractivity contribution in [3.63, 3.8) is 0 Å². The van der Waals surface area contributed by atoms with Gasteiger partial charge in [-0.2, -0.15) is 0 Å². The van der Waals surface area contributed by atoms with Crippen molar-refractivity contribution in [1.82, 2.24) is 0 Å². The van der Waals surface area contributed by atoms with Crippen LogP contribution in [0.2, 0.25) is 0 Å². The molecule has 0 bridgehead atoms. The van der Waals surface area contributed by atoms with Crippen molar-refractivity contribution in [2.24, 2.45) is 0 Å². The van der Waals surface area contributed by atoms with Crippen molar-refractivity contribution in [2.45, 2.75) is 0 Å². The normalized spacial score (nSPS) is 7.41. The predicted octanol–water partition coefficient (Wildman–Crippen LogP) is -10.7. The molecule has 96 valence electrons. The fourth-order valence-corrected chi connectivity index (χ4v) is 0.0340. The molecule has 0 aliphatic carbocycles. The van der Waals surface area contributed by atoms with E-state index in [1.165, 1.54) is 0 Å². The molecule has 17 heavy (non-hydrogen) atoms. The molecule has 0 saturated carbocycles. The molecular weight excluding hydrogens is 314 g/mol. The molecule has 15 nitrogen and oxygen atoms in total. The third-order valence-corrected chi connectivity index (χ3v) is 0.167. The van der Waals surface area contributed by atoms with E-state index in [1.54, 1.807) is 0 Å². The summed E-state index contributed by atoms with van der Waals surface area (Å²) < 4.78 is 0. The molecule has 0 unspecified atom stereocenters. The van der Waals surface area contributed by atoms with E-state index >= 15 is 0 Å². The van der Waals surface area contributed by atoms with Crippen LogP contribution in [-0.2, 0) is 63.9 Å². The molecule has 0 aromatic rings. The fraction of sp³-hybridized carbons (Fsp3) is 0. The zero-order valence-electron chi connectivity index (χ0n) is 7.57. The first kappa shape index (κ1) is 30.8. The Morgan fingerprint density at radius 3 is 0.529 bits per heavy atom. The van der Waals surface area contributed by atoms with Crippen LogP contribution in [-0.4, -0.2) is 0 Å². The van der Waals surface area contributed by atoms with E-state index in [2.05, 4.69) is 45.3 Å². The minimum absolute atomic E-state index is 0. The van der Waals surface area contributed by atoms with Gasteiger partial charge in [0, 0.05) is 0 Å². The molecule has 0 fully saturated rings. The summed E-state index contributed by atoms with van der Waals surface area (Å²) in [5, 5.41) is 73.5. The SMILES string of the molecule is [Na+].[O-]OOO[O-].[O-]OOO[O-].[O-]OOO[O-].[V+5]. The van der Waals surface area contributed by atoms with Gasteiger partial charge in [0.2, 0.25) is 0 Å². The van der Waals surface area contributed by atoms with Gasteiger partial charge >= 0.3 is 48.1 Å². The fourth-order valence-electron chi connectivity index (χ4n) is 0.0340. The molecule has 0 aromatic carbocycles. The zero-order valence-corrected chi connectivity index (χ0v) is 11.0. The van der Waals surface area contributed by atoms with Crippen molar-refractivity contribution in [2.75, 3.05) is 0 Å². The van der Waals surface area contributed by atoms with Gasteiger partial charge < -0.3 is 31.5 Å². The summed E-state index contributed by atoms with van der Waals surface area (Å²) in [6, 6.07) is 0. The van der Waals surface area contributed by atoms with Gasteiger partial charge in [-0.1, -0.05) is 15.1 Å². The standard InChI is InChI=1S/Na.3H2O5.V/c;3*1-3-5-4-2;/h;3*1-2H;/q+1;;;;+5/p-6. The molecule has 0 radical (unpaired) electrons. The molecule has 0 atom stereocenters. The number of hydrogen-bond acceptors (Lipinski definition) is 15. The first-order chi connectivity index (χ1) is 7.24. The first-order valence-electron chi connectivity index (χ1n) is 2.00. The third-order valence-electron chi connectivity index (χ3n) is 0.167. The molecule has 17 heteroatoms. The van der Waals surface area contributed by atoms with E-state index in [0.717, 1.165) is 0 Å². The maximum Gasteiger partial charge on any atom is 5.00 e. The van der Waals surface area contributed by atoms with Crippen molar-refractivity contribution in [3.05, 3.63) is 0 Å². The van der Waals surface area contributed by atoms with Gasteiger partial charge in [-0.3, -0.25) is 30.2 Å². The first-order valence-corrected chi connectivity index (χ1v) is 2.00. The average molecular weight is 314 g/mol. The second kappa shape index (κ2) is 43.5. The molecule has 0 spiro atoms. The van der Waals surface area contributed by atoms with Gasteiger partial charge in [0.1, 0.15) is 0 Å². The molecule has 0 N–H and O–H groups in total. The van der Waals surface area contributed by atoms with Crippen LogP contribution >= 0.6 is 0 Å². The summed E-state index contributed by atoms with van der Waals surface area (Å²) in [6.07, 6.45) is 0. The molecule has 0 rings (SSSR count). The maximum absolute atomic E-state index is 8.48. The minimum Gasteiger partial charge on any atom is -0.690 e. The smallest absolute Gasteiger partial charge is 0.690 e. The Hall–Kier alpha value is 0.984. The van der Waals surface area contributed by atoms with E-state index in [-0.39, 0.29) is 48.1 Å². The van der Waals surface area contributed by atoms with Gasteiger partial charge in [0.25, 0.3) is 0 Å². The summed E-state index contributed by atoms with van der Waals surface area (Å²) >= 11 is 0. The van der Waals surface area contributed by atoms with Gasteiger partial charge in [-0.25, -0.2) is 0 Å². The van der Waals surface area contributed by atoms with E-state index in [0.29, 0.717) is 0 Å². The maximum atomic E-state index is 8.48. The topological polar surface area (TPSA) is 221 Å². The summed E-state index contributed by atoms with van der Waals surface area (Å²) in [5.74, 6) is 0. The summed E-state index contributed by atoms with van der Waals surface area (Å²) in [6.45, 7) is 0. The van der Waals surface area contributed by atoms with E-state index in [4.69, 9.17) is 31.5 Å². The van der Waals surface area contributed by atoms with E-state index < -0.39 is 0 Å². The average Bonchev–Trinajstić information content (AvgIpc) is 2.23. The minimum atomic E-state index is 0. The Bertz CT molecular complexity index is 47.7. The van der Waals surface area contributed by atoms with Crippen molar-refractivity contribution in [3.8, 4) is 0 Å². The Morgan fingerprint density at radius 1 is 0.412 bits per heavy atom. The Balaban J connectivity index is -0.0000000400. The molecule has 0 aromatic heterocycles. The zero-order chi connectivity index (χ0) is 12.4. The molecular formula is NaO15V. The van der Waals surface area contributed by atoms with E-state index in [1.807, 2.05) is 0 Å². The summed E-state index contributed by atoms with van der Waals surface area (Å²) in [7, 11) is 0. The van der Waals surface area contributed by atoms with Crippen molar-refractivity contribution in [1.29, 1.82) is 0 Å². The van der Waals surface area contributed by atoms with Crippen LogP contribution in [0.1, 0.15) is 0 Å². The van der Waals surface area contributed by atoms with Crippen LogP contribution in [0.5, 0.6) is 0 Å². The summed E-state index contributed by atoms with van der Waals surface area (Å²) in [4.78, 5) is 0. The molecule has 0 amide bonds. The Kier molecular flexibility index (Phi) is 78.8. The monoisotopic (exact) mass is 314 g/mol. The quantitative estimate of drug-likeness (QED) is 0.252. The number of hydrogen-bond donors (Lipinski definition) is 0. The number of rotatable bonds is 6. The van der Waals surface area contributed by atoms with Gasteiger partial charge in [-0.15, -0.1) is 0 Å². The predicted molar refractivity (Wildman–Crippen MR) is 9.77 cm³/mol. The van der Waals surface area contributed by atoms with Crippen molar-refractivity contribution < 1.29 is 125 Å². The van der Waals surface area contributed by atoms with Crippen LogP contribution in [0.25, 0.3) is 0 Å². The second-order valence-electron chi connectivity index (χ2n) is 0.612. The second-order valence-corrected chi connectivity index (χ2v) is 0.612. The van der Waals surface area contributed by atoms with Crippen LogP contribution in [0.3, 0.4) is 0 Å². The Labute approximate surface area is 125 Å². The molecule has 0 heterocycles.